The Morgan fingerprint density at radius 2 is 2.08 bits per heavy atom. The average Bonchev–Trinajstić information content (AvgIpc) is 2.05. The highest BCUT2D eigenvalue weighted by atomic mass is 16.5. The van der Waals surface area contributed by atoms with E-state index in [9.17, 15) is 4.79 Å². The predicted molar refractivity (Wildman–Crippen MR) is 46.4 cm³/mol. The van der Waals surface area contributed by atoms with E-state index >= 15 is 0 Å². The quantitative estimate of drug-likeness (QED) is 0.198. The summed E-state index contributed by atoms with van der Waals surface area (Å²) >= 11 is 0. The molecule has 0 aliphatic carbocycles. The molecule has 0 radical (unpaired) electrons. The third kappa shape index (κ3) is 4.46. The molecule has 0 heterocycles. The summed E-state index contributed by atoms with van der Waals surface area (Å²) in [4.78, 5) is 10.8. The van der Waals surface area contributed by atoms with Gasteiger partial charge in [-0.2, -0.15) is 0 Å². The third-order valence-electron chi connectivity index (χ3n) is 0.991. The Balaban J connectivity index is 3.63. The van der Waals surface area contributed by atoms with E-state index in [0.29, 0.717) is 6.61 Å². The second-order valence-corrected chi connectivity index (χ2v) is 1.98. The van der Waals surface area contributed by atoms with E-state index in [1.807, 2.05) is 0 Å². The van der Waals surface area contributed by atoms with Crippen molar-refractivity contribution >= 4 is 5.97 Å². The van der Waals surface area contributed by atoms with Gasteiger partial charge in [-0.1, -0.05) is 19.2 Å². The van der Waals surface area contributed by atoms with Gasteiger partial charge in [-0.05, 0) is 0 Å². The van der Waals surface area contributed by atoms with Crippen LogP contribution in [0.15, 0.2) is 37.6 Å². The van der Waals surface area contributed by atoms with Gasteiger partial charge in [0.2, 0.25) is 0 Å². The number of ether oxygens (including phenoxy) is 2. The minimum Gasteiger partial charge on any atom is -0.432 e. The van der Waals surface area contributed by atoms with Crippen molar-refractivity contribution < 1.29 is 14.3 Å². The number of hydrogen-bond donors (Lipinski definition) is 0. The van der Waals surface area contributed by atoms with Crippen LogP contribution in [0.3, 0.4) is 0 Å². The Morgan fingerprint density at radius 1 is 1.42 bits per heavy atom. The van der Waals surface area contributed by atoms with Crippen LogP contribution in [-0.4, -0.2) is 19.2 Å². The number of hydrogen-bond acceptors (Lipinski definition) is 3. The molecule has 0 unspecified atom stereocenters. The molecule has 66 valence electrons. The Kier molecular flexibility index (Phi) is 5.65. The molecular weight excluding hydrogens is 156 g/mol. The zero-order valence-electron chi connectivity index (χ0n) is 6.91. The van der Waals surface area contributed by atoms with Crippen LogP contribution in [0, 0.1) is 0 Å². The van der Waals surface area contributed by atoms with E-state index < -0.39 is 5.97 Å². The predicted octanol–water partition coefficient (Wildman–Crippen LogP) is 1.43. The third-order valence-corrected chi connectivity index (χ3v) is 0.991. The van der Waals surface area contributed by atoms with Gasteiger partial charge in [0.25, 0.3) is 0 Å². The molecule has 0 aromatic rings. The van der Waals surface area contributed by atoms with Crippen LogP contribution in [0.2, 0.25) is 0 Å². The minimum atomic E-state index is -0.519. The monoisotopic (exact) mass is 168 g/mol. The van der Waals surface area contributed by atoms with Crippen LogP contribution in [0.4, 0.5) is 0 Å². The molecule has 0 rings (SSSR count). The lowest BCUT2D eigenvalue weighted by atomic mass is 10.3. The highest BCUT2D eigenvalue weighted by Crippen LogP contribution is 1.95. The highest BCUT2D eigenvalue weighted by Gasteiger charge is 2.05. The Morgan fingerprint density at radius 3 is 2.58 bits per heavy atom. The van der Waals surface area contributed by atoms with Gasteiger partial charge in [-0.3, -0.25) is 0 Å². The fourth-order valence-electron chi connectivity index (χ4n) is 0.483. The molecule has 0 saturated carbocycles. The van der Waals surface area contributed by atoms with E-state index in [2.05, 4.69) is 24.5 Å². The summed E-state index contributed by atoms with van der Waals surface area (Å²) in [5.74, 6) is -0.519. The zero-order chi connectivity index (χ0) is 9.40. The van der Waals surface area contributed by atoms with Crippen LogP contribution in [0.25, 0.3) is 0 Å². The first-order valence-electron chi connectivity index (χ1n) is 3.40. The average molecular weight is 168 g/mol. The lowest BCUT2D eigenvalue weighted by Gasteiger charge is -2.02. The fourth-order valence-corrected chi connectivity index (χ4v) is 0.483. The molecule has 0 amide bonds. The van der Waals surface area contributed by atoms with Crippen molar-refractivity contribution in [3.63, 3.8) is 0 Å². The molecule has 0 saturated heterocycles. The fraction of sp³-hybridized carbons (Fsp3) is 0.222. The van der Waals surface area contributed by atoms with Crippen LogP contribution in [0.1, 0.15) is 0 Å². The maximum atomic E-state index is 10.8. The van der Waals surface area contributed by atoms with Crippen molar-refractivity contribution in [2.24, 2.45) is 0 Å². The van der Waals surface area contributed by atoms with E-state index in [0.717, 1.165) is 6.26 Å². The van der Waals surface area contributed by atoms with Gasteiger partial charge in [-0.15, -0.1) is 6.58 Å². The minimum absolute atomic E-state index is 0.151. The van der Waals surface area contributed by atoms with E-state index in [-0.39, 0.29) is 12.2 Å². The number of carbonyl (C=O) groups is 1. The van der Waals surface area contributed by atoms with Crippen molar-refractivity contribution in [2.75, 3.05) is 13.2 Å². The molecule has 3 nitrogen and oxygen atoms in total. The van der Waals surface area contributed by atoms with Gasteiger partial charge >= 0.3 is 5.97 Å². The second kappa shape index (κ2) is 6.37. The maximum absolute atomic E-state index is 10.8. The molecule has 12 heavy (non-hydrogen) atoms. The van der Waals surface area contributed by atoms with Gasteiger partial charge in [-0.25, -0.2) is 4.79 Å². The first-order valence-corrected chi connectivity index (χ1v) is 3.40. The summed E-state index contributed by atoms with van der Waals surface area (Å²) < 4.78 is 9.41. The van der Waals surface area contributed by atoms with Gasteiger partial charge in [0, 0.05) is 0 Å². The summed E-state index contributed by atoms with van der Waals surface area (Å²) in [5, 5.41) is 0. The van der Waals surface area contributed by atoms with Gasteiger partial charge in [0.05, 0.1) is 25.0 Å². The van der Waals surface area contributed by atoms with Gasteiger partial charge in [0.15, 0.2) is 0 Å². The lowest BCUT2D eigenvalue weighted by molar-refractivity contribution is -0.134. The summed E-state index contributed by atoms with van der Waals surface area (Å²) in [5.41, 5.74) is 0.261. The smallest absolute Gasteiger partial charge is 0.340 e. The van der Waals surface area contributed by atoms with Crippen LogP contribution >= 0.6 is 0 Å². The van der Waals surface area contributed by atoms with Crippen LogP contribution in [0.5, 0.6) is 0 Å². The normalized spacial score (nSPS) is 8.67. The zero-order valence-corrected chi connectivity index (χ0v) is 6.91. The number of rotatable bonds is 6. The van der Waals surface area contributed by atoms with Crippen molar-refractivity contribution in [1.82, 2.24) is 0 Å². The van der Waals surface area contributed by atoms with E-state index in [1.54, 1.807) is 6.08 Å². The molecule has 0 bridgehead atoms. The van der Waals surface area contributed by atoms with Crippen molar-refractivity contribution in [1.29, 1.82) is 0 Å². The van der Waals surface area contributed by atoms with E-state index in [4.69, 9.17) is 4.74 Å². The highest BCUT2D eigenvalue weighted by molar-refractivity contribution is 5.88. The van der Waals surface area contributed by atoms with Crippen molar-refractivity contribution in [2.45, 2.75) is 0 Å². The first-order chi connectivity index (χ1) is 5.72. The molecule has 0 aromatic heterocycles. The van der Waals surface area contributed by atoms with Crippen molar-refractivity contribution in [3.8, 4) is 0 Å². The van der Waals surface area contributed by atoms with E-state index in [1.165, 1.54) is 0 Å². The lowest BCUT2D eigenvalue weighted by Crippen LogP contribution is -2.09. The maximum Gasteiger partial charge on any atom is 0.340 e. The molecule has 0 atom stereocenters. The van der Waals surface area contributed by atoms with Crippen molar-refractivity contribution in [3.05, 3.63) is 37.6 Å². The Bertz CT molecular complexity index is 194. The standard InChI is InChI=1S/C9H12O3/c1-4-6-11-7-8(3)9(10)12-5-2/h4-5H,1-3,6-7H2. The summed E-state index contributed by atoms with van der Waals surface area (Å²) in [6, 6.07) is 0. The Labute approximate surface area is 72.0 Å². The SMILES string of the molecule is C=CCOCC(=C)C(=O)OC=C. The molecule has 0 spiro atoms. The second-order valence-electron chi connectivity index (χ2n) is 1.98. The number of carbonyl (C=O) groups excluding carboxylic acids is 1. The molecular formula is C9H12O3. The topological polar surface area (TPSA) is 35.5 Å². The van der Waals surface area contributed by atoms with Crippen LogP contribution in [-0.2, 0) is 14.3 Å². The Hall–Kier alpha value is -1.35. The van der Waals surface area contributed by atoms with Gasteiger partial charge < -0.3 is 9.47 Å². The summed E-state index contributed by atoms with van der Waals surface area (Å²) in [6.07, 6.45) is 2.65. The molecule has 0 aromatic carbocycles. The molecule has 3 heteroatoms. The molecule has 0 N–H and O–H groups in total. The number of esters is 1. The molecule has 0 aliphatic rings. The largest absolute Gasteiger partial charge is 0.432 e. The molecule has 0 aliphatic heterocycles. The molecule has 0 fully saturated rings. The van der Waals surface area contributed by atoms with Gasteiger partial charge in [0.1, 0.15) is 0 Å². The van der Waals surface area contributed by atoms with Crippen LogP contribution < -0.4 is 0 Å². The first kappa shape index (κ1) is 10.7. The summed E-state index contributed by atoms with van der Waals surface area (Å²) in [7, 11) is 0. The summed E-state index contributed by atoms with van der Waals surface area (Å²) in [6.45, 7) is 10.7.